The molecule has 0 aliphatic carbocycles. The summed E-state index contributed by atoms with van der Waals surface area (Å²) in [5.41, 5.74) is 2.73. The zero-order valence-corrected chi connectivity index (χ0v) is 12.2. The molecule has 3 nitrogen and oxygen atoms in total. The Bertz CT molecular complexity index is 914. The van der Waals surface area contributed by atoms with Gasteiger partial charge in [0.15, 0.2) is 0 Å². The van der Waals surface area contributed by atoms with E-state index >= 15 is 0 Å². The van der Waals surface area contributed by atoms with E-state index in [0.29, 0.717) is 0 Å². The van der Waals surface area contributed by atoms with Gasteiger partial charge in [-0.05, 0) is 29.8 Å². The molecule has 3 aromatic heterocycles. The third-order valence-corrected chi connectivity index (χ3v) is 4.26. The molecule has 0 N–H and O–H groups in total. The van der Waals surface area contributed by atoms with Gasteiger partial charge in [0.1, 0.15) is 22.7 Å². The maximum Gasteiger partial charge on any atom is 0.127 e. The second-order valence-corrected chi connectivity index (χ2v) is 5.61. The molecule has 0 aliphatic heterocycles. The van der Waals surface area contributed by atoms with E-state index in [1.165, 1.54) is 12.1 Å². The minimum atomic E-state index is -0.248. The van der Waals surface area contributed by atoms with Crippen molar-refractivity contribution in [2.24, 2.45) is 0 Å². The molecule has 1 aromatic carbocycles. The third-order valence-electron chi connectivity index (χ3n) is 3.38. The number of rotatable bonds is 3. The van der Waals surface area contributed by atoms with Crippen LogP contribution in [0.15, 0.2) is 58.8 Å². The van der Waals surface area contributed by atoms with E-state index in [0.717, 1.165) is 32.8 Å². The van der Waals surface area contributed by atoms with Gasteiger partial charge in [0.2, 0.25) is 0 Å². The zero-order valence-electron chi connectivity index (χ0n) is 11.4. The number of aromatic nitrogens is 2. The van der Waals surface area contributed by atoms with Crippen molar-refractivity contribution < 1.29 is 8.81 Å². The summed E-state index contributed by atoms with van der Waals surface area (Å²) in [6.07, 6.45) is 5.05. The topological polar surface area (TPSA) is 38.9 Å². The largest absolute Gasteiger partial charge is 0.469 e. The Kier molecular flexibility index (Phi) is 3.20. The molecule has 0 atom stereocenters. The standard InChI is InChI=1S/C17H10FN2OS/c18-12-5-3-11(4-6-12)14-9-22-17-16(14)15(19-10-20-17)8-13-2-1-7-21-13/h1-10H. The Morgan fingerprint density at radius 1 is 1.09 bits per heavy atom. The second-order valence-electron chi connectivity index (χ2n) is 4.76. The Hall–Kier alpha value is -2.53. The van der Waals surface area contributed by atoms with Gasteiger partial charge in [-0.1, -0.05) is 12.1 Å². The first-order valence-electron chi connectivity index (χ1n) is 6.67. The van der Waals surface area contributed by atoms with Gasteiger partial charge in [-0.15, -0.1) is 11.3 Å². The molecule has 0 bridgehead atoms. The van der Waals surface area contributed by atoms with E-state index in [4.69, 9.17) is 4.42 Å². The van der Waals surface area contributed by atoms with Crippen molar-refractivity contribution in [3.8, 4) is 11.1 Å². The molecular weight excluding hydrogens is 299 g/mol. The van der Waals surface area contributed by atoms with Gasteiger partial charge in [0.25, 0.3) is 0 Å². The van der Waals surface area contributed by atoms with Gasteiger partial charge in [0.05, 0.1) is 18.4 Å². The molecule has 0 saturated carbocycles. The van der Waals surface area contributed by atoms with Crippen molar-refractivity contribution in [3.05, 3.63) is 78.1 Å². The maximum atomic E-state index is 13.1. The second kappa shape index (κ2) is 5.35. The van der Waals surface area contributed by atoms with Crippen molar-refractivity contribution >= 4 is 21.6 Å². The normalized spacial score (nSPS) is 11.1. The van der Waals surface area contributed by atoms with Crippen molar-refractivity contribution in [2.45, 2.75) is 0 Å². The fourth-order valence-corrected chi connectivity index (χ4v) is 3.28. The fraction of sp³-hybridized carbons (Fsp3) is 0. The van der Waals surface area contributed by atoms with Crippen LogP contribution in [0, 0.1) is 12.2 Å². The van der Waals surface area contributed by atoms with E-state index in [2.05, 4.69) is 9.97 Å². The van der Waals surface area contributed by atoms with Gasteiger partial charge in [0, 0.05) is 16.3 Å². The number of nitrogens with zero attached hydrogens (tertiary/aromatic N) is 2. The Labute approximate surface area is 130 Å². The Morgan fingerprint density at radius 3 is 2.73 bits per heavy atom. The SMILES string of the molecule is Fc1ccc(-c2csc3ncnc([CH]c4ccco4)c23)cc1. The minimum absolute atomic E-state index is 0.248. The smallest absolute Gasteiger partial charge is 0.127 e. The van der Waals surface area contributed by atoms with Crippen LogP contribution < -0.4 is 0 Å². The van der Waals surface area contributed by atoms with Crippen LogP contribution in [0.5, 0.6) is 0 Å². The summed E-state index contributed by atoms with van der Waals surface area (Å²) in [5, 5.41) is 2.97. The molecule has 0 amide bonds. The monoisotopic (exact) mass is 309 g/mol. The number of thiophene rings is 1. The molecule has 4 rings (SSSR count). The van der Waals surface area contributed by atoms with E-state index in [9.17, 15) is 4.39 Å². The summed E-state index contributed by atoms with van der Waals surface area (Å²) >= 11 is 1.54. The van der Waals surface area contributed by atoms with E-state index < -0.39 is 0 Å². The molecule has 4 aromatic rings. The molecule has 22 heavy (non-hydrogen) atoms. The first kappa shape index (κ1) is 13.2. The van der Waals surface area contributed by atoms with Crippen molar-refractivity contribution in [1.82, 2.24) is 9.97 Å². The quantitative estimate of drug-likeness (QED) is 0.551. The summed E-state index contributed by atoms with van der Waals surface area (Å²) in [4.78, 5) is 9.58. The van der Waals surface area contributed by atoms with Crippen LogP contribution in [-0.4, -0.2) is 9.97 Å². The molecule has 0 saturated heterocycles. The van der Waals surface area contributed by atoms with Gasteiger partial charge in [-0.25, -0.2) is 14.4 Å². The van der Waals surface area contributed by atoms with Crippen LogP contribution in [0.3, 0.4) is 0 Å². The molecule has 3 heterocycles. The third kappa shape index (κ3) is 2.29. The lowest BCUT2D eigenvalue weighted by Crippen LogP contribution is -1.91. The average Bonchev–Trinajstić information content (AvgIpc) is 3.18. The van der Waals surface area contributed by atoms with Crippen LogP contribution in [0.1, 0.15) is 11.5 Å². The molecule has 1 radical (unpaired) electrons. The average molecular weight is 309 g/mol. The van der Waals surface area contributed by atoms with Gasteiger partial charge in [-0.2, -0.15) is 0 Å². The van der Waals surface area contributed by atoms with Crippen LogP contribution in [-0.2, 0) is 0 Å². The number of halogens is 1. The first-order valence-corrected chi connectivity index (χ1v) is 7.55. The van der Waals surface area contributed by atoms with Crippen molar-refractivity contribution in [1.29, 1.82) is 0 Å². The highest BCUT2D eigenvalue weighted by molar-refractivity contribution is 7.17. The molecule has 0 fully saturated rings. The minimum Gasteiger partial charge on any atom is -0.469 e. The number of furan rings is 1. The van der Waals surface area contributed by atoms with Crippen LogP contribution in [0.4, 0.5) is 4.39 Å². The summed E-state index contributed by atoms with van der Waals surface area (Å²) in [6.45, 7) is 0. The Morgan fingerprint density at radius 2 is 1.95 bits per heavy atom. The lowest BCUT2D eigenvalue weighted by atomic mass is 10.0. The predicted octanol–water partition coefficient (Wildman–Crippen LogP) is 4.69. The lowest BCUT2D eigenvalue weighted by molar-refractivity contribution is 0.542. The number of benzene rings is 1. The van der Waals surface area contributed by atoms with Gasteiger partial charge < -0.3 is 4.42 Å². The predicted molar refractivity (Wildman–Crippen MR) is 84.0 cm³/mol. The highest BCUT2D eigenvalue weighted by atomic mass is 32.1. The van der Waals surface area contributed by atoms with E-state index in [1.807, 2.05) is 23.9 Å². The molecule has 0 unspecified atom stereocenters. The summed E-state index contributed by atoms with van der Waals surface area (Å²) < 4.78 is 18.5. The highest BCUT2D eigenvalue weighted by Crippen LogP contribution is 2.35. The fourth-order valence-electron chi connectivity index (χ4n) is 2.36. The van der Waals surface area contributed by atoms with Crippen LogP contribution in [0.2, 0.25) is 0 Å². The summed E-state index contributed by atoms with van der Waals surface area (Å²) in [7, 11) is 0. The van der Waals surface area contributed by atoms with Crippen molar-refractivity contribution in [3.63, 3.8) is 0 Å². The summed E-state index contributed by atoms with van der Waals surface area (Å²) in [6, 6.07) is 10.1. The first-order chi connectivity index (χ1) is 10.8. The maximum absolute atomic E-state index is 13.1. The zero-order chi connectivity index (χ0) is 14.9. The lowest BCUT2D eigenvalue weighted by Gasteiger charge is -2.04. The molecule has 0 spiro atoms. The molecule has 0 aliphatic rings. The van der Waals surface area contributed by atoms with Gasteiger partial charge in [-0.3, -0.25) is 0 Å². The van der Waals surface area contributed by atoms with E-state index in [-0.39, 0.29) is 5.82 Å². The summed E-state index contributed by atoms with van der Waals surface area (Å²) in [5.74, 6) is 0.484. The molecular formula is C17H10FN2OS. The van der Waals surface area contributed by atoms with Crippen molar-refractivity contribution in [2.75, 3.05) is 0 Å². The Balaban J connectivity index is 1.87. The van der Waals surface area contributed by atoms with Crippen LogP contribution >= 0.6 is 11.3 Å². The van der Waals surface area contributed by atoms with E-state index in [1.54, 1.807) is 36.1 Å². The van der Waals surface area contributed by atoms with Crippen LogP contribution in [0.25, 0.3) is 21.3 Å². The molecule has 5 heteroatoms. The molecule has 107 valence electrons. The van der Waals surface area contributed by atoms with Gasteiger partial charge >= 0.3 is 0 Å². The number of fused-ring (bicyclic) bond motifs is 1. The number of hydrogen-bond donors (Lipinski definition) is 0. The highest BCUT2D eigenvalue weighted by Gasteiger charge is 2.14. The number of hydrogen-bond acceptors (Lipinski definition) is 4.